The fourth-order valence-corrected chi connectivity index (χ4v) is 2.15. The second-order valence-corrected chi connectivity index (χ2v) is 4.77. The van der Waals surface area contributed by atoms with Crippen LogP contribution in [0.5, 0.6) is 0 Å². The average molecular weight is 394 g/mol. The van der Waals surface area contributed by atoms with Gasteiger partial charge in [-0.3, -0.25) is 0 Å². The number of nitrogens with zero attached hydrogens (tertiary/aromatic N) is 3. The van der Waals surface area contributed by atoms with Crippen molar-refractivity contribution in [3.8, 4) is 0 Å². The van der Waals surface area contributed by atoms with E-state index in [9.17, 15) is 0 Å². The number of rotatable bonds is 5. The van der Waals surface area contributed by atoms with E-state index in [1.54, 1.807) is 6.26 Å². The first-order valence-electron chi connectivity index (χ1n) is 6.76. The van der Waals surface area contributed by atoms with Crippen molar-refractivity contribution in [1.29, 1.82) is 0 Å². The Morgan fingerprint density at radius 1 is 1.60 bits per heavy atom. The summed E-state index contributed by atoms with van der Waals surface area (Å²) in [5.74, 6) is 1.50. The lowest BCUT2D eigenvalue weighted by Crippen LogP contribution is -2.41. The van der Waals surface area contributed by atoms with E-state index in [1.807, 2.05) is 6.07 Å². The van der Waals surface area contributed by atoms with E-state index >= 15 is 0 Å². The van der Waals surface area contributed by atoms with E-state index in [0.29, 0.717) is 12.5 Å². The Morgan fingerprint density at radius 3 is 3.05 bits per heavy atom. The number of nitrogens with one attached hydrogen (secondary N) is 1. The lowest BCUT2D eigenvalue weighted by atomic mass is 10.1. The Balaban J connectivity index is 0.00000200. The Kier molecular flexibility index (Phi) is 7.90. The van der Waals surface area contributed by atoms with Gasteiger partial charge in [0, 0.05) is 38.7 Å². The van der Waals surface area contributed by atoms with Crippen molar-refractivity contribution in [2.45, 2.75) is 19.9 Å². The van der Waals surface area contributed by atoms with Gasteiger partial charge in [0.2, 0.25) is 0 Å². The van der Waals surface area contributed by atoms with Crippen LogP contribution in [-0.4, -0.2) is 49.4 Å². The van der Waals surface area contributed by atoms with Crippen LogP contribution < -0.4 is 5.32 Å². The molecule has 1 unspecified atom stereocenters. The van der Waals surface area contributed by atoms with Gasteiger partial charge in [-0.25, -0.2) is 4.99 Å². The number of aliphatic imine (C=N–C) groups is 1. The summed E-state index contributed by atoms with van der Waals surface area (Å²) in [7, 11) is 2.06. The Hall–Kier alpha value is -0.830. The molecule has 7 heteroatoms. The molecule has 1 aromatic heterocycles. The number of hydrogen-bond donors (Lipinski definition) is 1. The van der Waals surface area contributed by atoms with E-state index in [4.69, 9.17) is 9.26 Å². The topological polar surface area (TPSA) is 62.9 Å². The second-order valence-electron chi connectivity index (χ2n) is 4.77. The van der Waals surface area contributed by atoms with E-state index in [0.717, 1.165) is 44.4 Å². The molecule has 0 spiro atoms. The maximum absolute atomic E-state index is 5.41. The Morgan fingerprint density at radius 2 is 2.45 bits per heavy atom. The first kappa shape index (κ1) is 17.2. The molecule has 1 atom stereocenters. The Bertz CT molecular complexity index is 391. The molecule has 6 nitrogen and oxygen atoms in total. The van der Waals surface area contributed by atoms with Crippen molar-refractivity contribution < 1.29 is 9.26 Å². The van der Waals surface area contributed by atoms with Crippen molar-refractivity contribution in [2.24, 2.45) is 10.9 Å². The van der Waals surface area contributed by atoms with Gasteiger partial charge >= 0.3 is 0 Å². The van der Waals surface area contributed by atoms with Crippen LogP contribution in [-0.2, 0) is 11.3 Å². The zero-order valence-electron chi connectivity index (χ0n) is 12.0. The first-order chi connectivity index (χ1) is 9.29. The van der Waals surface area contributed by atoms with Crippen LogP contribution in [0.2, 0.25) is 0 Å². The number of halogens is 1. The lowest BCUT2D eigenvalue weighted by molar-refractivity contribution is 0.181. The monoisotopic (exact) mass is 394 g/mol. The Labute approximate surface area is 137 Å². The number of hydrogen-bond acceptors (Lipinski definition) is 4. The fraction of sp³-hybridized carbons (Fsp3) is 0.692. The summed E-state index contributed by atoms with van der Waals surface area (Å²) >= 11 is 0. The largest absolute Gasteiger partial charge is 0.381 e. The highest BCUT2D eigenvalue weighted by atomic mass is 127. The second kappa shape index (κ2) is 9.17. The van der Waals surface area contributed by atoms with Gasteiger partial charge in [-0.05, 0) is 13.3 Å². The summed E-state index contributed by atoms with van der Waals surface area (Å²) in [6, 6.07) is 1.83. The molecule has 0 saturated carbocycles. The quantitative estimate of drug-likeness (QED) is 0.468. The highest BCUT2D eigenvalue weighted by Crippen LogP contribution is 2.13. The highest BCUT2D eigenvalue weighted by Gasteiger charge is 2.19. The molecule has 2 rings (SSSR count). The van der Waals surface area contributed by atoms with Gasteiger partial charge in [0.15, 0.2) is 5.96 Å². The number of guanidine groups is 1. The third kappa shape index (κ3) is 5.28. The standard InChI is InChI=1S/C13H22N4O2.HI/c1-3-14-13(15-8-12-5-7-19-16-12)17(2)9-11-4-6-18-10-11;/h5,7,11H,3-4,6,8-10H2,1-2H3,(H,14,15);1H. The average Bonchev–Trinajstić information content (AvgIpc) is 3.07. The molecule has 1 aliphatic rings. The molecule has 1 aromatic rings. The molecule has 0 amide bonds. The molecular weight excluding hydrogens is 371 g/mol. The van der Waals surface area contributed by atoms with Gasteiger partial charge < -0.3 is 19.5 Å². The molecule has 1 saturated heterocycles. The van der Waals surface area contributed by atoms with E-state index in [1.165, 1.54) is 0 Å². The molecule has 1 aliphatic heterocycles. The minimum atomic E-state index is 0. The van der Waals surface area contributed by atoms with Gasteiger partial charge in [-0.1, -0.05) is 5.16 Å². The highest BCUT2D eigenvalue weighted by molar-refractivity contribution is 14.0. The normalized spacial score (nSPS) is 18.7. The first-order valence-corrected chi connectivity index (χ1v) is 6.76. The minimum absolute atomic E-state index is 0. The van der Waals surface area contributed by atoms with Gasteiger partial charge in [0.05, 0.1) is 13.2 Å². The van der Waals surface area contributed by atoms with Crippen LogP contribution in [0.3, 0.4) is 0 Å². The van der Waals surface area contributed by atoms with Gasteiger partial charge in [0.25, 0.3) is 0 Å². The van der Waals surface area contributed by atoms with Crippen LogP contribution in [0.4, 0.5) is 0 Å². The molecule has 0 aromatic carbocycles. The molecule has 2 heterocycles. The van der Waals surface area contributed by atoms with E-state index < -0.39 is 0 Å². The van der Waals surface area contributed by atoms with Gasteiger partial charge in [-0.15, -0.1) is 24.0 Å². The lowest BCUT2D eigenvalue weighted by Gasteiger charge is -2.24. The maximum atomic E-state index is 5.41. The molecular formula is C13H23IN4O2. The zero-order valence-corrected chi connectivity index (χ0v) is 14.4. The summed E-state index contributed by atoms with van der Waals surface area (Å²) in [6.45, 7) is 6.15. The van der Waals surface area contributed by atoms with Gasteiger partial charge in [0.1, 0.15) is 12.0 Å². The molecule has 1 fully saturated rings. The summed E-state index contributed by atoms with van der Waals surface area (Å²) < 4.78 is 10.2. The molecule has 0 radical (unpaired) electrons. The van der Waals surface area contributed by atoms with Crippen LogP contribution in [0.25, 0.3) is 0 Å². The van der Waals surface area contributed by atoms with Crippen LogP contribution >= 0.6 is 24.0 Å². The predicted molar refractivity (Wildman–Crippen MR) is 88.3 cm³/mol. The molecule has 0 aliphatic carbocycles. The van der Waals surface area contributed by atoms with Crippen molar-refractivity contribution in [1.82, 2.24) is 15.4 Å². The smallest absolute Gasteiger partial charge is 0.194 e. The van der Waals surface area contributed by atoms with Crippen LogP contribution in [0.15, 0.2) is 21.8 Å². The number of aromatic nitrogens is 1. The summed E-state index contributed by atoms with van der Waals surface area (Å²) in [6.07, 6.45) is 2.70. The minimum Gasteiger partial charge on any atom is -0.381 e. The predicted octanol–water partition coefficient (Wildman–Crippen LogP) is 1.73. The summed E-state index contributed by atoms with van der Waals surface area (Å²) in [4.78, 5) is 6.72. The molecule has 114 valence electrons. The van der Waals surface area contributed by atoms with Crippen molar-refractivity contribution in [3.63, 3.8) is 0 Å². The summed E-state index contributed by atoms with van der Waals surface area (Å²) in [5, 5.41) is 7.16. The van der Waals surface area contributed by atoms with Crippen LogP contribution in [0.1, 0.15) is 19.0 Å². The van der Waals surface area contributed by atoms with Crippen LogP contribution in [0, 0.1) is 5.92 Å². The molecule has 0 bridgehead atoms. The van der Waals surface area contributed by atoms with Gasteiger partial charge in [-0.2, -0.15) is 0 Å². The zero-order chi connectivity index (χ0) is 13.5. The van der Waals surface area contributed by atoms with E-state index in [2.05, 4.69) is 34.3 Å². The third-order valence-electron chi connectivity index (χ3n) is 3.13. The summed E-state index contributed by atoms with van der Waals surface area (Å²) in [5.41, 5.74) is 0.841. The third-order valence-corrected chi connectivity index (χ3v) is 3.13. The molecule has 20 heavy (non-hydrogen) atoms. The van der Waals surface area contributed by atoms with E-state index in [-0.39, 0.29) is 24.0 Å². The fourth-order valence-electron chi connectivity index (χ4n) is 2.15. The number of ether oxygens (including phenoxy) is 1. The van der Waals surface area contributed by atoms with Crippen molar-refractivity contribution >= 4 is 29.9 Å². The molecule has 1 N–H and O–H groups in total. The van der Waals surface area contributed by atoms with Crippen molar-refractivity contribution in [3.05, 3.63) is 18.0 Å². The van der Waals surface area contributed by atoms with Crippen molar-refractivity contribution in [2.75, 3.05) is 33.4 Å². The SMILES string of the molecule is CCNC(=NCc1ccon1)N(C)CC1CCOC1.I. The maximum Gasteiger partial charge on any atom is 0.194 e.